The van der Waals surface area contributed by atoms with E-state index in [1.807, 2.05) is 6.07 Å². The SMILES string of the molecule is CC1CC(O)C(C(C)C)C(c2ccoc2C=O)C1. The van der Waals surface area contributed by atoms with Crippen molar-refractivity contribution >= 4 is 6.29 Å². The molecule has 1 aromatic heterocycles. The molecule has 0 bridgehead atoms. The highest BCUT2D eigenvalue weighted by atomic mass is 16.3. The number of furan rings is 1. The van der Waals surface area contributed by atoms with Crippen molar-refractivity contribution in [1.29, 1.82) is 0 Å². The van der Waals surface area contributed by atoms with Gasteiger partial charge in [0.15, 0.2) is 12.0 Å². The fourth-order valence-electron chi connectivity index (χ4n) is 3.50. The van der Waals surface area contributed by atoms with E-state index in [0.717, 1.165) is 24.7 Å². The topological polar surface area (TPSA) is 50.4 Å². The molecule has 4 unspecified atom stereocenters. The molecular weight excluding hydrogens is 228 g/mol. The average molecular weight is 250 g/mol. The lowest BCUT2D eigenvalue weighted by molar-refractivity contribution is 0.0110. The van der Waals surface area contributed by atoms with Gasteiger partial charge in [-0.2, -0.15) is 0 Å². The van der Waals surface area contributed by atoms with Crippen molar-refractivity contribution < 1.29 is 14.3 Å². The van der Waals surface area contributed by atoms with Gasteiger partial charge in [-0.05, 0) is 42.6 Å². The predicted octanol–water partition coefficient (Wildman–Crippen LogP) is 3.24. The number of hydrogen-bond acceptors (Lipinski definition) is 3. The first kappa shape index (κ1) is 13.3. The molecule has 18 heavy (non-hydrogen) atoms. The van der Waals surface area contributed by atoms with Gasteiger partial charge in [-0.3, -0.25) is 4.79 Å². The fraction of sp³-hybridized carbons (Fsp3) is 0.667. The van der Waals surface area contributed by atoms with Crippen molar-refractivity contribution in [2.45, 2.75) is 45.6 Å². The van der Waals surface area contributed by atoms with Gasteiger partial charge in [0, 0.05) is 5.56 Å². The zero-order valence-electron chi connectivity index (χ0n) is 11.3. The summed E-state index contributed by atoms with van der Waals surface area (Å²) in [5.74, 6) is 1.73. The van der Waals surface area contributed by atoms with E-state index in [2.05, 4.69) is 20.8 Å². The highest BCUT2D eigenvalue weighted by Crippen LogP contribution is 2.45. The lowest BCUT2D eigenvalue weighted by Crippen LogP contribution is -2.37. The Morgan fingerprint density at radius 3 is 2.78 bits per heavy atom. The molecule has 1 aliphatic carbocycles. The van der Waals surface area contributed by atoms with E-state index in [4.69, 9.17) is 4.42 Å². The second-order valence-electron chi connectivity index (χ2n) is 5.93. The van der Waals surface area contributed by atoms with Gasteiger partial charge >= 0.3 is 0 Å². The molecular formula is C15H22O3. The number of carbonyl (C=O) groups is 1. The Kier molecular flexibility index (Phi) is 3.91. The van der Waals surface area contributed by atoms with E-state index in [-0.39, 0.29) is 17.9 Å². The summed E-state index contributed by atoms with van der Waals surface area (Å²) in [5, 5.41) is 10.3. The lowest BCUT2D eigenvalue weighted by atomic mass is 9.66. The summed E-state index contributed by atoms with van der Waals surface area (Å²) in [6.07, 6.45) is 3.93. The summed E-state index contributed by atoms with van der Waals surface area (Å²) in [6.45, 7) is 6.43. The van der Waals surface area contributed by atoms with Gasteiger partial charge in [-0.25, -0.2) is 0 Å². The van der Waals surface area contributed by atoms with Crippen molar-refractivity contribution in [1.82, 2.24) is 0 Å². The van der Waals surface area contributed by atoms with Gasteiger partial charge in [0.1, 0.15) is 0 Å². The summed E-state index contributed by atoms with van der Waals surface area (Å²) in [6, 6.07) is 1.88. The minimum Gasteiger partial charge on any atom is -0.461 e. The van der Waals surface area contributed by atoms with Crippen LogP contribution >= 0.6 is 0 Å². The van der Waals surface area contributed by atoms with Crippen molar-refractivity contribution in [2.75, 3.05) is 0 Å². The number of aliphatic hydroxyl groups excluding tert-OH is 1. The van der Waals surface area contributed by atoms with Crippen LogP contribution in [0.4, 0.5) is 0 Å². The van der Waals surface area contributed by atoms with Crippen LogP contribution in [0.5, 0.6) is 0 Å². The van der Waals surface area contributed by atoms with E-state index in [9.17, 15) is 9.90 Å². The molecule has 0 amide bonds. The molecule has 1 N–H and O–H groups in total. The second kappa shape index (κ2) is 5.27. The number of carbonyl (C=O) groups excluding carboxylic acids is 1. The van der Waals surface area contributed by atoms with Crippen LogP contribution in [0.15, 0.2) is 16.7 Å². The molecule has 100 valence electrons. The minimum absolute atomic E-state index is 0.206. The molecule has 1 aromatic rings. The second-order valence-corrected chi connectivity index (χ2v) is 5.93. The first-order valence-electron chi connectivity index (χ1n) is 6.75. The highest BCUT2D eigenvalue weighted by molar-refractivity contribution is 5.73. The van der Waals surface area contributed by atoms with Gasteiger partial charge in [0.2, 0.25) is 0 Å². The third kappa shape index (κ3) is 2.37. The lowest BCUT2D eigenvalue weighted by Gasteiger charge is -2.40. The third-order valence-electron chi connectivity index (χ3n) is 4.21. The maximum atomic E-state index is 11.0. The Balaban J connectivity index is 2.35. The standard InChI is InChI=1S/C15H22O3/c1-9(2)15-12(6-10(3)7-13(15)17)11-4-5-18-14(11)8-16/h4-5,8-10,12-13,15,17H,6-7H2,1-3H3. The summed E-state index contributed by atoms with van der Waals surface area (Å²) in [7, 11) is 0. The number of rotatable bonds is 3. The predicted molar refractivity (Wildman–Crippen MR) is 69.6 cm³/mol. The van der Waals surface area contributed by atoms with Crippen LogP contribution in [-0.2, 0) is 0 Å². The molecule has 0 saturated heterocycles. The van der Waals surface area contributed by atoms with E-state index < -0.39 is 0 Å². The Bertz CT molecular complexity index is 408. The molecule has 4 atom stereocenters. The van der Waals surface area contributed by atoms with Crippen LogP contribution in [0, 0.1) is 17.8 Å². The highest BCUT2D eigenvalue weighted by Gasteiger charge is 2.39. The van der Waals surface area contributed by atoms with E-state index in [0.29, 0.717) is 17.6 Å². The van der Waals surface area contributed by atoms with Gasteiger partial charge < -0.3 is 9.52 Å². The van der Waals surface area contributed by atoms with Crippen molar-refractivity contribution in [2.24, 2.45) is 17.8 Å². The first-order chi connectivity index (χ1) is 8.54. The van der Waals surface area contributed by atoms with Crippen molar-refractivity contribution in [3.8, 4) is 0 Å². The van der Waals surface area contributed by atoms with Crippen LogP contribution in [0.3, 0.4) is 0 Å². The fourth-order valence-corrected chi connectivity index (χ4v) is 3.50. The zero-order valence-corrected chi connectivity index (χ0v) is 11.3. The molecule has 2 rings (SSSR count). The van der Waals surface area contributed by atoms with Crippen LogP contribution < -0.4 is 0 Å². The zero-order chi connectivity index (χ0) is 13.3. The van der Waals surface area contributed by atoms with Crippen molar-refractivity contribution in [3.05, 3.63) is 23.7 Å². The van der Waals surface area contributed by atoms with E-state index >= 15 is 0 Å². The van der Waals surface area contributed by atoms with E-state index in [1.54, 1.807) is 6.26 Å². The first-order valence-corrected chi connectivity index (χ1v) is 6.75. The Hall–Kier alpha value is -1.09. The van der Waals surface area contributed by atoms with Gasteiger partial charge in [0.05, 0.1) is 12.4 Å². The van der Waals surface area contributed by atoms with Gasteiger partial charge in [-0.15, -0.1) is 0 Å². The van der Waals surface area contributed by atoms with Crippen LogP contribution in [0.1, 0.15) is 55.6 Å². The molecule has 1 aliphatic rings. The molecule has 1 saturated carbocycles. The van der Waals surface area contributed by atoms with Crippen molar-refractivity contribution in [3.63, 3.8) is 0 Å². The van der Waals surface area contributed by atoms with Crippen LogP contribution in [0.2, 0.25) is 0 Å². The number of hydrogen-bond donors (Lipinski definition) is 1. The van der Waals surface area contributed by atoms with Gasteiger partial charge in [0.25, 0.3) is 0 Å². The Labute approximate surface area is 108 Å². The molecule has 3 nitrogen and oxygen atoms in total. The summed E-state index contributed by atoms with van der Waals surface area (Å²) in [4.78, 5) is 11.0. The van der Waals surface area contributed by atoms with E-state index in [1.165, 1.54) is 0 Å². The molecule has 0 radical (unpaired) electrons. The Morgan fingerprint density at radius 2 is 2.17 bits per heavy atom. The normalized spacial score (nSPS) is 32.7. The maximum Gasteiger partial charge on any atom is 0.185 e. The quantitative estimate of drug-likeness (QED) is 0.838. The third-order valence-corrected chi connectivity index (χ3v) is 4.21. The monoisotopic (exact) mass is 250 g/mol. The van der Waals surface area contributed by atoms with Crippen LogP contribution in [-0.4, -0.2) is 17.5 Å². The Morgan fingerprint density at radius 1 is 1.44 bits per heavy atom. The number of aldehydes is 1. The summed E-state index contributed by atoms with van der Waals surface area (Å²) >= 11 is 0. The summed E-state index contributed by atoms with van der Waals surface area (Å²) < 4.78 is 5.22. The summed E-state index contributed by atoms with van der Waals surface area (Å²) in [5.41, 5.74) is 0.967. The number of aliphatic hydroxyl groups is 1. The molecule has 1 fully saturated rings. The molecule has 0 spiro atoms. The van der Waals surface area contributed by atoms with Crippen LogP contribution in [0.25, 0.3) is 0 Å². The maximum absolute atomic E-state index is 11.0. The minimum atomic E-state index is -0.284. The largest absolute Gasteiger partial charge is 0.461 e. The van der Waals surface area contributed by atoms with Gasteiger partial charge in [-0.1, -0.05) is 20.8 Å². The molecule has 1 heterocycles. The molecule has 3 heteroatoms. The average Bonchev–Trinajstić information content (AvgIpc) is 2.74. The molecule has 0 aliphatic heterocycles. The molecule has 0 aromatic carbocycles. The smallest absolute Gasteiger partial charge is 0.185 e.